The van der Waals surface area contributed by atoms with Crippen LogP contribution in [0.25, 0.3) is 28.5 Å². The van der Waals surface area contributed by atoms with Gasteiger partial charge in [-0.05, 0) is 47.7 Å². The standard InChI is InChI=1S/C22H12Cl3N3O2S2/c23-14-8-16-17(9-15(14)24)28(10-13-5-6-19(25)31-13)20(26-16)12-3-1-11(2-4-12)7-18-21(29)27-22(30)32-18/h1-9H,10H2,(H,27,29,30). The number of carbonyl (C=O) groups excluding carboxylic acids is 2. The fraction of sp³-hybridized carbons (Fsp3) is 0.0455. The third-order valence-corrected chi connectivity index (χ3v) is 7.59. The average Bonchev–Trinajstić information content (AvgIpc) is 3.41. The number of imide groups is 1. The number of halogens is 3. The second-order valence-corrected chi connectivity index (χ2v) is 10.6. The Bertz CT molecular complexity index is 1420. The summed E-state index contributed by atoms with van der Waals surface area (Å²) in [5, 5.41) is 2.79. The van der Waals surface area contributed by atoms with Crippen LogP contribution < -0.4 is 5.32 Å². The molecule has 0 bridgehead atoms. The monoisotopic (exact) mass is 519 g/mol. The van der Waals surface area contributed by atoms with Crippen LogP contribution >= 0.6 is 57.9 Å². The zero-order chi connectivity index (χ0) is 22.4. The molecule has 1 fully saturated rings. The van der Waals surface area contributed by atoms with Gasteiger partial charge in [-0.3, -0.25) is 14.9 Å². The molecular formula is C22H12Cl3N3O2S2. The van der Waals surface area contributed by atoms with E-state index in [2.05, 4.69) is 9.88 Å². The summed E-state index contributed by atoms with van der Waals surface area (Å²) in [6, 6.07) is 15.0. The first-order chi connectivity index (χ1) is 15.4. The molecule has 1 N–H and O–H groups in total. The molecule has 160 valence electrons. The average molecular weight is 521 g/mol. The Morgan fingerprint density at radius 2 is 1.75 bits per heavy atom. The van der Waals surface area contributed by atoms with Gasteiger partial charge in [0.25, 0.3) is 11.1 Å². The number of thiophene rings is 1. The maximum atomic E-state index is 11.8. The van der Waals surface area contributed by atoms with Crippen LogP contribution in [-0.2, 0) is 11.3 Å². The second-order valence-electron chi connectivity index (χ2n) is 6.96. The van der Waals surface area contributed by atoms with Crippen molar-refractivity contribution >= 4 is 86.2 Å². The predicted octanol–water partition coefficient (Wildman–Crippen LogP) is 7.10. The van der Waals surface area contributed by atoms with Crippen LogP contribution in [0.4, 0.5) is 4.79 Å². The summed E-state index contributed by atoms with van der Waals surface area (Å²) in [4.78, 5) is 29.4. The van der Waals surface area contributed by atoms with E-state index in [9.17, 15) is 9.59 Å². The fourth-order valence-corrected chi connectivity index (χ4v) is 5.47. The van der Waals surface area contributed by atoms with E-state index in [-0.39, 0.29) is 11.1 Å². The van der Waals surface area contributed by atoms with E-state index in [0.29, 0.717) is 21.5 Å². The normalized spacial score (nSPS) is 15.2. The molecule has 0 spiro atoms. The summed E-state index contributed by atoms with van der Waals surface area (Å²) in [6.45, 7) is 0.575. The highest BCUT2D eigenvalue weighted by molar-refractivity contribution is 8.18. The van der Waals surface area contributed by atoms with Crippen molar-refractivity contribution in [1.29, 1.82) is 0 Å². The molecule has 0 radical (unpaired) electrons. The molecule has 3 heterocycles. The molecule has 2 aromatic heterocycles. The Morgan fingerprint density at radius 1 is 1.00 bits per heavy atom. The molecule has 1 saturated heterocycles. The third kappa shape index (κ3) is 4.19. The van der Waals surface area contributed by atoms with Gasteiger partial charge in [0.2, 0.25) is 0 Å². The number of rotatable bonds is 4. The fourth-order valence-electron chi connectivity index (χ4n) is 3.39. The second kappa shape index (κ2) is 8.57. The van der Waals surface area contributed by atoms with Crippen molar-refractivity contribution in [2.24, 2.45) is 0 Å². The van der Waals surface area contributed by atoms with Crippen LogP contribution in [0.15, 0.2) is 53.4 Å². The van der Waals surface area contributed by atoms with Crippen molar-refractivity contribution in [2.75, 3.05) is 0 Å². The van der Waals surface area contributed by atoms with Gasteiger partial charge in [0.1, 0.15) is 5.82 Å². The molecule has 0 unspecified atom stereocenters. The minimum atomic E-state index is -0.380. The minimum absolute atomic E-state index is 0.363. The first-order valence-corrected chi connectivity index (χ1v) is 12.1. The number of benzene rings is 2. The summed E-state index contributed by atoms with van der Waals surface area (Å²) < 4.78 is 2.79. The Labute approximate surface area is 206 Å². The minimum Gasteiger partial charge on any atom is -0.319 e. The van der Waals surface area contributed by atoms with Gasteiger partial charge in [0.05, 0.1) is 36.9 Å². The first kappa shape index (κ1) is 21.6. The summed E-state index contributed by atoms with van der Waals surface area (Å²) in [5.41, 5.74) is 3.29. The van der Waals surface area contributed by atoms with Gasteiger partial charge < -0.3 is 4.57 Å². The molecule has 0 saturated carbocycles. The van der Waals surface area contributed by atoms with Gasteiger partial charge in [0, 0.05) is 10.4 Å². The largest absolute Gasteiger partial charge is 0.319 e. The summed E-state index contributed by atoms with van der Waals surface area (Å²) in [5.74, 6) is 0.374. The van der Waals surface area contributed by atoms with E-state index in [4.69, 9.17) is 39.8 Å². The lowest BCUT2D eigenvalue weighted by Gasteiger charge is -2.09. The Hall–Kier alpha value is -2.29. The summed E-state index contributed by atoms with van der Waals surface area (Å²) in [6.07, 6.45) is 1.69. The van der Waals surface area contributed by atoms with Gasteiger partial charge in [0.15, 0.2) is 0 Å². The van der Waals surface area contributed by atoms with Crippen molar-refractivity contribution in [1.82, 2.24) is 14.9 Å². The van der Waals surface area contributed by atoms with Gasteiger partial charge in [-0.2, -0.15) is 0 Å². The van der Waals surface area contributed by atoms with Crippen LogP contribution in [0.5, 0.6) is 0 Å². The molecule has 2 amide bonds. The van der Waals surface area contributed by atoms with Crippen LogP contribution in [0.3, 0.4) is 0 Å². The molecule has 5 rings (SSSR count). The van der Waals surface area contributed by atoms with Crippen LogP contribution in [0.2, 0.25) is 14.4 Å². The number of carbonyl (C=O) groups is 2. The number of hydrogen-bond donors (Lipinski definition) is 1. The van der Waals surface area contributed by atoms with Crippen molar-refractivity contribution in [2.45, 2.75) is 6.54 Å². The number of nitrogens with zero attached hydrogens (tertiary/aromatic N) is 2. The van der Waals surface area contributed by atoms with Crippen molar-refractivity contribution in [3.05, 3.63) is 78.3 Å². The quantitative estimate of drug-likeness (QED) is 0.292. The highest BCUT2D eigenvalue weighted by Crippen LogP contribution is 2.34. The lowest BCUT2D eigenvalue weighted by molar-refractivity contribution is -0.115. The van der Waals surface area contributed by atoms with E-state index >= 15 is 0 Å². The van der Waals surface area contributed by atoms with Crippen molar-refractivity contribution in [3.8, 4) is 11.4 Å². The highest BCUT2D eigenvalue weighted by atomic mass is 35.5. The molecule has 5 nitrogen and oxygen atoms in total. The molecule has 1 aliphatic heterocycles. The molecule has 0 atom stereocenters. The number of aromatic nitrogens is 2. The van der Waals surface area contributed by atoms with Gasteiger partial charge in [-0.15, -0.1) is 11.3 Å². The smallest absolute Gasteiger partial charge is 0.290 e. The SMILES string of the molecule is O=C1NC(=O)C(=Cc2ccc(-c3nc4cc(Cl)c(Cl)cc4n3Cc3ccc(Cl)s3)cc2)S1. The lowest BCUT2D eigenvalue weighted by atomic mass is 10.1. The Morgan fingerprint density at radius 3 is 2.41 bits per heavy atom. The highest BCUT2D eigenvalue weighted by Gasteiger charge is 2.25. The zero-order valence-corrected chi connectivity index (χ0v) is 20.0. The number of nitrogens with one attached hydrogen (secondary N) is 1. The molecule has 1 aliphatic rings. The van der Waals surface area contributed by atoms with Crippen LogP contribution in [0, 0.1) is 0 Å². The maximum Gasteiger partial charge on any atom is 0.290 e. The van der Waals surface area contributed by atoms with E-state index in [1.165, 1.54) is 11.3 Å². The van der Waals surface area contributed by atoms with Crippen molar-refractivity contribution in [3.63, 3.8) is 0 Å². The number of hydrogen-bond acceptors (Lipinski definition) is 5. The molecular weight excluding hydrogens is 509 g/mol. The van der Waals surface area contributed by atoms with Crippen molar-refractivity contribution < 1.29 is 9.59 Å². The number of imidazole rings is 1. The topological polar surface area (TPSA) is 64.0 Å². The molecule has 10 heteroatoms. The predicted molar refractivity (Wildman–Crippen MR) is 133 cm³/mol. The van der Waals surface area contributed by atoms with E-state index in [0.717, 1.165) is 49.0 Å². The molecule has 32 heavy (non-hydrogen) atoms. The number of thioether (sulfide) groups is 1. The Balaban J connectivity index is 1.57. The third-order valence-electron chi connectivity index (χ3n) is 4.84. The summed E-state index contributed by atoms with van der Waals surface area (Å²) in [7, 11) is 0. The zero-order valence-electron chi connectivity index (χ0n) is 16.1. The molecule has 2 aromatic carbocycles. The molecule has 0 aliphatic carbocycles. The molecule has 4 aromatic rings. The van der Waals surface area contributed by atoms with Crippen LogP contribution in [0.1, 0.15) is 10.4 Å². The first-order valence-electron chi connectivity index (χ1n) is 9.32. The maximum absolute atomic E-state index is 11.8. The Kier molecular flexibility index (Phi) is 5.77. The van der Waals surface area contributed by atoms with Gasteiger partial charge >= 0.3 is 0 Å². The van der Waals surface area contributed by atoms with E-state index < -0.39 is 0 Å². The van der Waals surface area contributed by atoms with Gasteiger partial charge in [-0.25, -0.2) is 4.98 Å². The lowest BCUT2D eigenvalue weighted by Crippen LogP contribution is -2.17. The van der Waals surface area contributed by atoms with Crippen LogP contribution in [-0.4, -0.2) is 20.7 Å². The number of fused-ring (bicyclic) bond motifs is 1. The van der Waals surface area contributed by atoms with E-state index in [1.807, 2.05) is 42.5 Å². The van der Waals surface area contributed by atoms with E-state index in [1.54, 1.807) is 12.1 Å². The number of amides is 2. The summed E-state index contributed by atoms with van der Waals surface area (Å²) >= 11 is 21.0. The van der Waals surface area contributed by atoms with Gasteiger partial charge in [-0.1, -0.05) is 59.1 Å².